The monoisotopic (exact) mass is 185 g/mol. The molecule has 0 aliphatic heterocycles. The molecule has 0 radical (unpaired) electrons. The number of rotatable bonds is 1. The number of ether oxygens (including phenoxy) is 1. The van der Waals surface area contributed by atoms with E-state index >= 15 is 0 Å². The van der Waals surface area contributed by atoms with Crippen LogP contribution in [0.1, 0.15) is 39.0 Å². The summed E-state index contributed by atoms with van der Waals surface area (Å²) in [5, 5.41) is 0. The number of methoxy groups -OCH3 is 1. The Morgan fingerprint density at radius 1 is 1.54 bits per heavy atom. The van der Waals surface area contributed by atoms with E-state index in [1.807, 2.05) is 0 Å². The molecule has 0 bridgehead atoms. The maximum atomic E-state index is 11.4. The summed E-state index contributed by atoms with van der Waals surface area (Å²) in [6.45, 7) is 2.15. The van der Waals surface area contributed by atoms with Crippen LogP contribution in [0.25, 0.3) is 0 Å². The van der Waals surface area contributed by atoms with Crippen LogP contribution in [-0.4, -0.2) is 18.6 Å². The Bertz CT molecular complexity index is 193. The molecule has 1 aliphatic carbocycles. The van der Waals surface area contributed by atoms with Gasteiger partial charge < -0.3 is 10.5 Å². The van der Waals surface area contributed by atoms with Crippen molar-refractivity contribution in [1.29, 1.82) is 0 Å². The second-order valence-electron chi connectivity index (χ2n) is 4.20. The molecule has 0 spiro atoms. The van der Waals surface area contributed by atoms with E-state index in [0.29, 0.717) is 5.92 Å². The summed E-state index contributed by atoms with van der Waals surface area (Å²) < 4.78 is 4.73. The van der Waals surface area contributed by atoms with Crippen molar-refractivity contribution in [2.24, 2.45) is 11.7 Å². The molecule has 0 unspecified atom stereocenters. The largest absolute Gasteiger partial charge is 0.468 e. The Kier molecular flexibility index (Phi) is 3.31. The highest BCUT2D eigenvalue weighted by molar-refractivity contribution is 5.80. The molecule has 0 amide bonds. The predicted molar refractivity (Wildman–Crippen MR) is 51.2 cm³/mol. The molecule has 13 heavy (non-hydrogen) atoms. The fraction of sp³-hybridized carbons (Fsp3) is 0.900. The van der Waals surface area contributed by atoms with Crippen LogP contribution in [0.15, 0.2) is 0 Å². The molecular weight excluding hydrogens is 166 g/mol. The molecule has 0 heterocycles. The third-order valence-electron chi connectivity index (χ3n) is 2.87. The summed E-state index contributed by atoms with van der Waals surface area (Å²) in [5.74, 6) is 0.285. The van der Waals surface area contributed by atoms with Gasteiger partial charge >= 0.3 is 5.97 Å². The third kappa shape index (κ3) is 2.44. The molecule has 2 N–H and O–H groups in total. The zero-order chi connectivity index (χ0) is 9.90. The molecule has 0 aromatic carbocycles. The van der Waals surface area contributed by atoms with Gasteiger partial charge in [0.15, 0.2) is 0 Å². The lowest BCUT2D eigenvalue weighted by atomic mass is 9.87. The average molecular weight is 185 g/mol. The van der Waals surface area contributed by atoms with Crippen LogP contribution >= 0.6 is 0 Å². The van der Waals surface area contributed by atoms with Crippen molar-refractivity contribution in [1.82, 2.24) is 0 Å². The molecule has 0 aromatic heterocycles. The van der Waals surface area contributed by atoms with E-state index in [1.165, 1.54) is 20.0 Å². The second-order valence-corrected chi connectivity index (χ2v) is 4.20. The van der Waals surface area contributed by atoms with E-state index in [2.05, 4.69) is 6.92 Å². The molecule has 0 saturated heterocycles. The van der Waals surface area contributed by atoms with Crippen molar-refractivity contribution in [2.75, 3.05) is 7.11 Å². The van der Waals surface area contributed by atoms with E-state index in [4.69, 9.17) is 10.5 Å². The molecular formula is C10H19NO2. The van der Waals surface area contributed by atoms with E-state index in [0.717, 1.165) is 19.3 Å². The van der Waals surface area contributed by atoms with Crippen LogP contribution in [-0.2, 0) is 9.53 Å². The first-order valence-corrected chi connectivity index (χ1v) is 4.96. The highest BCUT2D eigenvalue weighted by Gasteiger charge is 2.37. The first-order valence-electron chi connectivity index (χ1n) is 4.96. The van der Waals surface area contributed by atoms with E-state index < -0.39 is 5.54 Å². The summed E-state index contributed by atoms with van der Waals surface area (Å²) in [4.78, 5) is 11.4. The summed E-state index contributed by atoms with van der Waals surface area (Å²) in [5.41, 5.74) is 5.31. The molecule has 1 fully saturated rings. The van der Waals surface area contributed by atoms with Crippen LogP contribution in [0, 0.1) is 5.92 Å². The van der Waals surface area contributed by atoms with Crippen molar-refractivity contribution in [3.05, 3.63) is 0 Å². The van der Waals surface area contributed by atoms with E-state index in [-0.39, 0.29) is 5.97 Å². The molecule has 2 atom stereocenters. The van der Waals surface area contributed by atoms with Crippen LogP contribution in [0.4, 0.5) is 0 Å². The molecule has 1 aliphatic rings. The van der Waals surface area contributed by atoms with Gasteiger partial charge in [-0.1, -0.05) is 26.2 Å². The van der Waals surface area contributed by atoms with Crippen molar-refractivity contribution in [3.8, 4) is 0 Å². The lowest BCUT2D eigenvalue weighted by Crippen LogP contribution is -2.49. The van der Waals surface area contributed by atoms with Crippen LogP contribution < -0.4 is 5.73 Å². The number of hydrogen-bond acceptors (Lipinski definition) is 3. The molecule has 1 rings (SSSR count). The minimum absolute atomic E-state index is 0.249. The molecule has 3 nitrogen and oxygen atoms in total. The Morgan fingerprint density at radius 2 is 2.23 bits per heavy atom. The second kappa shape index (κ2) is 4.09. The van der Waals surface area contributed by atoms with Crippen molar-refractivity contribution < 1.29 is 9.53 Å². The summed E-state index contributed by atoms with van der Waals surface area (Å²) in [6, 6.07) is 0. The number of nitrogens with two attached hydrogens (primary N) is 1. The zero-order valence-corrected chi connectivity index (χ0v) is 8.51. The number of esters is 1. The van der Waals surface area contributed by atoms with Gasteiger partial charge in [-0.3, -0.25) is 4.79 Å². The van der Waals surface area contributed by atoms with Crippen molar-refractivity contribution >= 4 is 5.97 Å². The van der Waals surface area contributed by atoms with Crippen LogP contribution in [0.5, 0.6) is 0 Å². The van der Waals surface area contributed by atoms with Crippen LogP contribution in [0.3, 0.4) is 0 Å². The van der Waals surface area contributed by atoms with Gasteiger partial charge in [0.1, 0.15) is 5.54 Å². The van der Waals surface area contributed by atoms with Gasteiger partial charge in [-0.2, -0.15) is 0 Å². The van der Waals surface area contributed by atoms with Crippen LogP contribution in [0.2, 0.25) is 0 Å². The Hall–Kier alpha value is -0.570. The van der Waals surface area contributed by atoms with Gasteiger partial charge in [-0.05, 0) is 18.8 Å². The molecule has 3 heteroatoms. The summed E-state index contributed by atoms with van der Waals surface area (Å²) >= 11 is 0. The van der Waals surface area contributed by atoms with Crippen molar-refractivity contribution in [2.45, 2.75) is 44.6 Å². The first-order chi connectivity index (χ1) is 6.08. The van der Waals surface area contributed by atoms with E-state index in [9.17, 15) is 4.79 Å². The van der Waals surface area contributed by atoms with Gasteiger partial charge in [-0.15, -0.1) is 0 Å². The molecule has 0 aromatic rings. The van der Waals surface area contributed by atoms with Gasteiger partial charge in [0, 0.05) is 0 Å². The smallest absolute Gasteiger partial charge is 0.325 e. The van der Waals surface area contributed by atoms with Gasteiger partial charge in [-0.25, -0.2) is 0 Å². The standard InChI is InChI=1S/C10H19NO2/c1-8-5-3-4-6-10(11,7-8)9(12)13-2/h8H,3-7,11H2,1-2H3/t8-,10-/m0/s1. The van der Waals surface area contributed by atoms with Gasteiger partial charge in [0.05, 0.1) is 7.11 Å². The van der Waals surface area contributed by atoms with Gasteiger partial charge in [0.25, 0.3) is 0 Å². The quantitative estimate of drug-likeness (QED) is 0.497. The predicted octanol–water partition coefficient (Wildman–Crippen LogP) is 1.46. The zero-order valence-electron chi connectivity index (χ0n) is 8.51. The minimum atomic E-state index is -0.718. The van der Waals surface area contributed by atoms with Gasteiger partial charge in [0.2, 0.25) is 0 Å². The molecule has 1 saturated carbocycles. The number of carbonyl (C=O) groups is 1. The summed E-state index contributed by atoms with van der Waals surface area (Å²) in [6.07, 6.45) is 4.92. The Balaban J connectivity index is 2.68. The number of hydrogen-bond donors (Lipinski definition) is 1. The fourth-order valence-electron chi connectivity index (χ4n) is 2.15. The maximum Gasteiger partial charge on any atom is 0.325 e. The maximum absolute atomic E-state index is 11.4. The third-order valence-corrected chi connectivity index (χ3v) is 2.87. The lowest BCUT2D eigenvalue weighted by Gasteiger charge is -2.26. The Labute approximate surface area is 79.6 Å². The topological polar surface area (TPSA) is 52.3 Å². The normalized spacial score (nSPS) is 35.2. The molecule has 76 valence electrons. The highest BCUT2D eigenvalue weighted by atomic mass is 16.5. The first kappa shape index (κ1) is 10.5. The van der Waals surface area contributed by atoms with E-state index in [1.54, 1.807) is 0 Å². The Morgan fingerprint density at radius 3 is 2.85 bits per heavy atom. The summed E-state index contributed by atoms with van der Waals surface area (Å²) in [7, 11) is 1.41. The SMILES string of the molecule is COC(=O)[C@]1(N)CCCC[C@H](C)C1. The highest BCUT2D eigenvalue weighted by Crippen LogP contribution is 2.29. The van der Waals surface area contributed by atoms with Crippen molar-refractivity contribution in [3.63, 3.8) is 0 Å². The fourth-order valence-corrected chi connectivity index (χ4v) is 2.15. The minimum Gasteiger partial charge on any atom is -0.468 e. The average Bonchev–Trinajstić information content (AvgIpc) is 2.26. The lowest BCUT2D eigenvalue weighted by molar-refractivity contribution is -0.147. The number of carbonyl (C=O) groups excluding carboxylic acids is 1.